The number of ether oxygens (including phenoxy) is 6. The van der Waals surface area contributed by atoms with Crippen molar-refractivity contribution in [2.45, 2.75) is 56.0 Å². The van der Waals surface area contributed by atoms with Gasteiger partial charge in [0, 0.05) is 11.6 Å². The van der Waals surface area contributed by atoms with Gasteiger partial charge in [-0.2, -0.15) is 0 Å². The van der Waals surface area contributed by atoms with Crippen molar-refractivity contribution in [1.82, 2.24) is 4.90 Å². The molecule has 4 rings (SSSR count). The number of morpholine rings is 1. The Bertz CT molecular complexity index is 1950. The predicted molar refractivity (Wildman–Crippen MR) is 185 cm³/mol. The summed E-state index contributed by atoms with van der Waals surface area (Å²) in [6, 6.07) is 6.20. The highest BCUT2D eigenvalue weighted by atomic mass is 35.5. The number of carbonyl (C=O) groups excluding carboxylic acids is 4. The number of anilines is 1. The molecule has 21 heteroatoms. The van der Waals surface area contributed by atoms with Crippen LogP contribution in [0.4, 0.5) is 19.3 Å². The number of hydrogen-bond donors (Lipinski definition) is 3. The van der Waals surface area contributed by atoms with Gasteiger partial charge in [-0.3, -0.25) is 14.5 Å². The van der Waals surface area contributed by atoms with Crippen LogP contribution in [0, 0.1) is 11.6 Å². The molecule has 0 spiro atoms. The molecule has 55 heavy (non-hydrogen) atoms. The van der Waals surface area contributed by atoms with E-state index in [-0.39, 0.29) is 67.8 Å². The maximum Gasteiger partial charge on any atom is 0.413 e. The number of furan rings is 1. The highest BCUT2D eigenvalue weighted by Gasteiger charge is 2.50. The van der Waals surface area contributed by atoms with Gasteiger partial charge in [0.25, 0.3) is 0 Å². The zero-order valence-electron chi connectivity index (χ0n) is 29.5. The molecule has 0 bridgehead atoms. The van der Waals surface area contributed by atoms with Crippen molar-refractivity contribution in [2.24, 2.45) is 5.14 Å². The number of nitrogens with one attached hydrogen (secondary N) is 1. The Kier molecular flexibility index (Phi) is 14.9. The SMILES string of the molecule is C[C@@H]1N(C(=O)OCOC(=O)CCC(=O)OCCOCCOC(=O)c2cc(S(N)(=O)=O)c(Cl)cc2NCc2ccco2)[C@@H](C)CO[C@@]1(O)c1ccc(F)cc1F. The fourth-order valence-electron chi connectivity index (χ4n) is 5.28. The van der Waals surface area contributed by atoms with Gasteiger partial charge >= 0.3 is 24.0 Å². The Morgan fingerprint density at radius 1 is 1.00 bits per heavy atom. The van der Waals surface area contributed by atoms with Gasteiger partial charge in [0.2, 0.25) is 22.6 Å². The third kappa shape index (κ3) is 11.6. The van der Waals surface area contributed by atoms with Crippen molar-refractivity contribution in [1.29, 1.82) is 0 Å². The fraction of sp³-hybridized carbons (Fsp3) is 0.412. The molecular formula is C34H38ClF2N3O14S. The summed E-state index contributed by atoms with van der Waals surface area (Å²) in [5.74, 6) is -6.33. The van der Waals surface area contributed by atoms with Gasteiger partial charge in [0.15, 0.2) is 0 Å². The zero-order valence-corrected chi connectivity index (χ0v) is 31.0. The van der Waals surface area contributed by atoms with Crippen LogP contribution in [0.15, 0.2) is 58.0 Å². The summed E-state index contributed by atoms with van der Waals surface area (Å²) in [7, 11) is -4.27. The second-order valence-corrected chi connectivity index (χ2v) is 13.8. The molecule has 0 unspecified atom stereocenters. The van der Waals surface area contributed by atoms with E-state index in [2.05, 4.69) is 5.32 Å². The number of nitrogens with two attached hydrogens (primary N) is 1. The van der Waals surface area contributed by atoms with Crippen molar-refractivity contribution in [3.8, 4) is 0 Å². The minimum Gasteiger partial charge on any atom is -0.467 e. The van der Waals surface area contributed by atoms with Crippen LogP contribution in [0.3, 0.4) is 0 Å². The van der Waals surface area contributed by atoms with Gasteiger partial charge in [-0.1, -0.05) is 11.6 Å². The Hall–Kier alpha value is -4.86. The standard InChI is InChI=1S/C34H38ClF2N3O14S/c1-20-18-54-34(45,25-6-5-22(36)14-27(25)37)21(2)40(20)33(44)53-19-52-31(42)8-7-30(41)50-12-10-48-11-13-51-32(43)24-15-29(55(38,46)47)26(35)16-28(24)39-17-23-4-3-9-49-23/h3-6,9,14-16,20-21,39,45H,7-8,10-13,17-19H2,1-2H3,(H2,38,46,47)/t20-,21-,34+/m0/s1. The molecule has 1 amide bonds. The summed E-state index contributed by atoms with van der Waals surface area (Å²) in [5, 5.41) is 19.0. The number of primary sulfonamides is 1. The molecular weight excluding hydrogens is 780 g/mol. The number of sulfonamides is 1. The van der Waals surface area contributed by atoms with Crippen LogP contribution in [0.1, 0.15) is 48.4 Å². The number of benzene rings is 2. The molecule has 17 nitrogen and oxygen atoms in total. The van der Waals surface area contributed by atoms with E-state index in [4.69, 9.17) is 49.6 Å². The highest BCUT2D eigenvalue weighted by molar-refractivity contribution is 7.89. The number of halogens is 3. The minimum atomic E-state index is -4.27. The van der Waals surface area contributed by atoms with E-state index in [0.29, 0.717) is 11.8 Å². The Balaban J connectivity index is 1.12. The lowest BCUT2D eigenvalue weighted by Crippen LogP contribution is -2.62. The van der Waals surface area contributed by atoms with E-state index in [0.717, 1.165) is 23.1 Å². The number of carbonyl (C=O) groups is 4. The molecule has 3 aromatic rings. The van der Waals surface area contributed by atoms with Gasteiger partial charge in [0.1, 0.15) is 35.5 Å². The molecule has 1 saturated heterocycles. The second-order valence-electron chi connectivity index (χ2n) is 11.9. The lowest BCUT2D eigenvalue weighted by Gasteiger charge is -2.47. The van der Waals surface area contributed by atoms with Gasteiger partial charge < -0.3 is 43.3 Å². The van der Waals surface area contributed by atoms with Gasteiger partial charge in [-0.15, -0.1) is 0 Å². The fourth-order valence-corrected chi connectivity index (χ4v) is 6.38. The molecule has 0 saturated carbocycles. The first kappa shape index (κ1) is 42.9. The molecule has 3 atom stereocenters. The summed E-state index contributed by atoms with van der Waals surface area (Å²) in [6.45, 7) is 1.34. The van der Waals surface area contributed by atoms with E-state index in [9.17, 15) is 41.5 Å². The monoisotopic (exact) mass is 817 g/mol. The third-order valence-corrected chi connectivity index (χ3v) is 9.43. The molecule has 300 valence electrons. The van der Waals surface area contributed by atoms with E-state index in [1.807, 2.05) is 0 Å². The van der Waals surface area contributed by atoms with Crippen molar-refractivity contribution >= 4 is 51.3 Å². The van der Waals surface area contributed by atoms with Crippen LogP contribution in [-0.4, -0.2) is 94.3 Å². The summed E-state index contributed by atoms with van der Waals surface area (Å²) in [6.07, 6.45) is -0.363. The second kappa shape index (κ2) is 19.1. The molecule has 1 aliphatic heterocycles. The number of aliphatic hydroxyl groups is 1. The molecule has 0 aliphatic carbocycles. The van der Waals surface area contributed by atoms with Crippen molar-refractivity contribution in [2.75, 3.05) is 45.1 Å². The first-order valence-corrected chi connectivity index (χ1v) is 18.4. The lowest BCUT2D eigenvalue weighted by molar-refractivity contribution is -0.281. The molecule has 2 heterocycles. The van der Waals surface area contributed by atoms with E-state index >= 15 is 0 Å². The van der Waals surface area contributed by atoms with Crippen LogP contribution in [0.5, 0.6) is 0 Å². The van der Waals surface area contributed by atoms with Crippen molar-refractivity contribution in [3.05, 3.63) is 82.3 Å². The van der Waals surface area contributed by atoms with Crippen LogP contribution in [0.25, 0.3) is 0 Å². The normalized spacial score (nSPS) is 18.3. The molecule has 2 aromatic carbocycles. The average Bonchev–Trinajstić information content (AvgIpc) is 3.64. The Morgan fingerprint density at radius 3 is 2.35 bits per heavy atom. The summed E-state index contributed by atoms with van der Waals surface area (Å²) >= 11 is 6.08. The first-order valence-electron chi connectivity index (χ1n) is 16.5. The third-order valence-electron chi connectivity index (χ3n) is 8.05. The minimum absolute atomic E-state index is 0.0997. The molecule has 4 N–H and O–H groups in total. The van der Waals surface area contributed by atoms with E-state index in [1.54, 1.807) is 19.1 Å². The Labute approximate surface area is 318 Å². The van der Waals surface area contributed by atoms with Crippen LogP contribution in [0.2, 0.25) is 5.02 Å². The lowest BCUT2D eigenvalue weighted by atomic mass is 9.94. The summed E-state index contributed by atoms with van der Waals surface area (Å²) in [4.78, 5) is 50.4. The maximum atomic E-state index is 14.5. The summed E-state index contributed by atoms with van der Waals surface area (Å²) < 4.78 is 87.8. The zero-order chi connectivity index (χ0) is 40.3. The van der Waals surface area contributed by atoms with E-state index in [1.165, 1.54) is 19.3 Å². The summed E-state index contributed by atoms with van der Waals surface area (Å²) in [5.41, 5.74) is -0.395. The van der Waals surface area contributed by atoms with E-state index < -0.39 is 81.6 Å². The van der Waals surface area contributed by atoms with Crippen molar-refractivity contribution < 1.29 is 74.3 Å². The molecule has 1 fully saturated rings. The number of nitrogens with zero attached hydrogens (tertiary/aromatic N) is 1. The largest absolute Gasteiger partial charge is 0.467 e. The van der Waals surface area contributed by atoms with Crippen LogP contribution in [-0.2, 0) is 60.4 Å². The number of esters is 3. The van der Waals surface area contributed by atoms with Gasteiger partial charge in [-0.05, 0) is 50.2 Å². The van der Waals surface area contributed by atoms with Gasteiger partial charge in [0.05, 0.1) is 73.8 Å². The number of amides is 1. The van der Waals surface area contributed by atoms with Crippen LogP contribution >= 0.6 is 11.6 Å². The Morgan fingerprint density at radius 2 is 1.69 bits per heavy atom. The highest BCUT2D eigenvalue weighted by Crippen LogP contribution is 2.37. The van der Waals surface area contributed by atoms with Gasteiger partial charge in [-0.25, -0.2) is 31.9 Å². The van der Waals surface area contributed by atoms with Crippen molar-refractivity contribution in [3.63, 3.8) is 0 Å². The molecule has 0 radical (unpaired) electrons. The quantitative estimate of drug-likeness (QED) is 0.0765. The predicted octanol–water partition coefficient (Wildman–Crippen LogP) is 3.56. The average molecular weight is 818 g/mol. The molecule has 1 aromatic heterocycles. The first-order chi connectivity index (χ1) is 26.0. The number of rotatable bonds is 17. The number of hydrogen-bond acceptors (Lipinski definition) is 15. The van der Waals surface area contributed by atoms with Crippen LogP contribution < -0.4 is 10.5 Å². The molecule has 1 aliphatic rings. The maximum absolute atomic E-state index is 14.5. The topological polar surface area (TPSA) is 232 Å². The smallest absolute Gasteiger partial charge is 0.413 e.